The molecule has 15 heavy (non-hydrogen) atoms. The third kappa shape index (κ3) is 1.76. The molecule has 0 spiro atoms. The predicted molar refractivity (Wildman–Crippen MR) is 60.5 cm³/mol. The predicted octanol–water partition coefficient (Wildman–Crippen LogP) is 1.15. The third-order valence-corrected chi connectivity index (χ3v) is 3.30. The highest BCUT2D eigenvalue weighted by molar-refractivity contribution is 9.10. The number of benzene rings is 1. The summed E-state index contributed by atoms with van der Waals surface area (Å²) in [5, 5.41) is 0. The standard InChI is InChI=1S/C10H13BrN2O2/c1-14-9-3-2-7(4-8(9)11)10(13-12)5-15-6-10/h2-4,13H,5-6,12H2,1H3. The molecule has 1 aromatic rings. The van der Waals surface area contributed by atoms with Crippen LogP contribution in [0.5, 0.6) is 5.75 Å². The molecule has 2 rings (SSSR count). The van der Waals surface area contributed by atoms with Gasteiger partial charge in [-0.1, -0.05) is 6.07 Å². The number of ether oxygens (including phenoxy) is 2. The minimum absolute atomic E-state index is 0.241. The maximum atomic E-state index is 5.54. The summed E-state index contributed by atoms with van der Waals surface area (Å²) < 4.78 is 11.3. The fourth-order valence-electron chi connectivity index (χ4n) is 1.60. The van der Waals surface area contributed by atoms with Crippen molar-refractivity contribution >= 4 is 15.9 Å². The normalized spacial score (nSPS) is 18.3. The zero-order valence-corrected chi connectivity index (χ0v) is 10.0. The van der Waals surface area contributed by atoms with Gasteiger partial charge in [-0.05, 0) is 33.6 Å². The van der Waals surface area contributed by atoms with E-state index >= 15 is 0 Å². The Morgan fingerprint density at radius 2 is 2.27 bits per heavy atom. The summed E-state index contributed by atoms with van der Waals surface area (Å²) in [6.45, 7) is 1.20. The molecule has 0 unspecified atom stereocenters. The van der Waals surface area contributed by atoms with Gasteiger partial charge in [-0.2, -0.15) is 0 Å². The van der Waals surface area contributed by atoms with Crippen molar-refractivity contribution in [2.45, 2.75) is 5.54 Å². The van der Waals surface area contributed by atoms with Crippen molar-refractivity contribution in [1.82, 2.24) is 5.43 Å². The van der Waals surface area contributed by atoms with Crippen molar-refractivity contribution < 1.29 is 9.47 Å². The fraction of sp³-hybridized carbons (Fsp3) is 0.400. The van der Waals surface area contributed by atoms with E-state index in [1.54, 1.807) is 7.11 Å². The first-order chi connectivity index (χ1) is 7.22. The lowest BCUT2D eigenvalue weighted by atomic mass is 9.89. The van der Waals surface area contributed by atoms with E-state index in [9.17, 15) is 0 Å². The molecule has 0 aromatic heterocycles. The topological polar surface area (TPSA) is 56.5 Å². The van der Waals surface area contributed by atoms with E-state index in [0.717, 1.165) is 15.8 Å². The highest BCUT2D eigenvalue weighted by atomic mass is 79.9. The monoisotopic (exact) mass is 272 g/mol. The van der Waals surface area contributed by atoms with Crippen LogP contribution in [-0.2, 0) is 10.3 Å². The number of nitrogens with two attached hydrogens (primary N) is 1. The second-order valence-electron chi connectivity index (χ2n) is 3.57. The number of nitrogens with one attached hydrogen (secondary N) is 1. The lowest BCUT2D eigenvalue weighted by Crippen LogP contribution is -2.60. The first-order valence-corrected chi connectivity index (χ1v) is 5.41. The Bertz CT molecular complexity index is 361. The molecule has 1 aliphatic rings. The molecule has 1 aromatic carbocycles. The molecule has 82 valence electrons. The van der Waals surface area contributed by atoms with Crippen molar-refractivity contribution in [1.29, 1.82) is 0 Å². The second-order valence-corrected chi connectivity index (χ2v) is 4.42. The largest absolute Gasteiger partial charge is 0.496 e. The Hall–Kier alpha value is -0.620. The SMILES string of the molecule is COc1ccc(C2(NN)COC2)cc1Br. The van der Waals surface area contributed by atoms with Crippen molar-refractivity contribution in [2.24, 2.45) is 5.84 Å². The van der Waals surface area contributed by atoms with Crippen molar-refractivity contribution in [3.63, 3.8) is 0 Å². The first kappa shape index (κ1) is 10.9. The summed E-state index contributed by atoms with van der Waals surface area (Å²) in [7, 11) is 1.64. The summed E-state index contributed by atoms with van der Waals surface area (Å²) in [6.07, 6.45) is 0. The average Bonchev–Trinajstić information content (AvgIpc) is 2.17. The van der Waals surface area contributed by atoms with Crippen LogP contribution in [0.3, 0.4) is 0 Å². The molecule has 0 radical (unpaired) electrons. The van der Waals surface area contributed by atoms with Crippen LogP contribution in [0.15, 0.2) is 22.7 Å². The molecule has 0 bridgehead atoms. The molecule has 0 amide bonds. The van der Waals surface area contributed by atoms with Gasteiger partial charge < -0.3 is 9.47 Å². The van der Waals surface area contributed by atoms with Gasteiger partial charge in [-0.3, -0.25) is 5.84 Å². The summed E-state index contributed by atoms with van der Waals surface area (Å²) in [4.78, 5) is 0. The summed E-state index contributed by atoms with van der Waals surface area (Å²) in [5.41, 5.74) is 3.67. The number of rotatable bonds is 3. The zero-order chi connectivity index (χ0) is 10.9. The van der Waals surface area contributed by atoms with Gasteiger partial charge in [0.2, 0.25) is 0 Å². The maximum Gasteiger partial charge on any atom is 0.133 e. The quantitative estimate of drug-likeness (QED) is 0.640. The Balaban J connectivity index is 2.33. The molecule has 4 nitrogen and oxygen atoms in total. The van der Waals surface area contributed by atoms with Crippen LogP contribution < -0.4 is 16.0 Å². The molecule has 0 atom stereocenters. The van der Waals surface area contributed by atoms with E-state index in [4.69, 9.17) is 15.3 Å². The van der Waals surface area contributed by atoms with E-state index in [1.165, 1.54) is 0 Å². The molecule has 1 aliphatic heterocycles. The minimum atomic E-state index is -0.241. The molecule has 3 N–H and O–H groups in total. The molecule has 1 heterocycles. The van der Waals surface area contributed by atoms with E-state index in [2.05, 4.69) is 21.4 Å². The molecule has 0 aliphatic carbocycles. The Kier molecular flexibility index (Phi) is 2.97. The molecule has 0 saturated carbocycles. The Morgan fingerprint density at radius 3 is 2.67 bits per heavy atom. The van der Waals surface area contributed by atoms with Crippen LogP contribution in [0.4, 0.5) is 0 Å². The Labute approximate surface area is 96.8 Å². The summed E-state index contributed by atoms with van der Waals surface area (Å²) in [5.74, 6) is 6.36. The number of hydrogen-bond acceptors (Lipinski definition) is 4. The van der Waals surface area contributed by atoms with E-state index in [0.29, 0.717) is 13.2 Å². The van der Waals surface area contributed by atoms with Crippen LogP contribution >= 0.6 is 15.9 Å². The van der Waals surface area contributed by atoms with Gasteiger partial charge in [0, 0.05) is 0 Å². The molecule has 1 saturated heterocycles. The number of hydrazine groups is 1. The van der Waals surface area contributed by atoms with Gasteiger partial charge >= 0.3 is 0 Å². The highest BCUT2D eigenvalue weighted by Gasteiger charge is 2.39. The summed E-state index contributed by atoms with van der Waals surface area (Å²) >= 11 is 3.45. The first-order valence-electron chi connectivity index (χ1n) is 4.61. The molecule has 1 fully saturated rings. The number of hydrogen-bond donors (Lipinski definition) is 2. The van der Waals surface area contributed by atoms with Gasteiger partial charge in [-0.25, -0.2) is 5.43 Å². The van der Waals surface area contributed by atoms with Crippen LogP contribution in [0, 0.1) is 0 Å². The van der Waals surface area contributed by atoms with E-state index < -0.39 is 0 Å². The van der Waals surface area contributed by atoms with Crippen LogP contribution in [0.1, 0.15) is 5.56 Å². The van der Waals surface area contributed by atoms with E-state index in [-0.39, 0.29) is 5.54 Å². The Morgan fingerprint density at radius 1 is 1.53 bits per heavy atom. The second kappa shape index (κ2) is 4.09. The highest BCUT2D eigenvalue weighted by Crippen LogP contribution is 2.34. The molecule has 5 heteroatoms. The van der Waals surface area contributed by atoms with Gasteiger partial charge in [0.15, 0.2) is 0 Å². The van der Waals surface area contributed by atoms with Gasteiger partial charge in [0.1, 0.15) is 11.3 Å². The van der Waals surface area contributed by atoms with Crippen molar-refractivity contribution in [3.05, 3.63) is 28.2 Å². The van der Waals surface area contributed by atoms with E-state index in [1.807, 2.05) is 18.2 Å². The zero-order valence-electron chi connectivity index (χ0n) is 8.42. The lowest BCUT2D eigenvalue weighted by Gasteiger charge is -2.41. The average molecular weight is 273 g/mol. The van der Waals surface area contributed by atoms with Crippen molar-refractivity contribution in [2.75, 3.05) is 20.3 Å². The van der Waals surface area contributed by atoms with Gasteiger partial charge in [0.25, 0.3) is 0 Å². The smallest absolute Gasteiger partial charge is 0.133 e. The van der Waals surface area contributed by atoms with Gasteiger partial charge in [-0.15, -0.1) is 0 Å². The lowest BCUT2D eigenvalue weighted by molar-refractivity contribution is -0.0787. The molecular weight excluding hydrogens is 260 g/mol. The minimum Gasteiger partial charge on any atom is -0.496 e. The molecular formula is C10H13BrN2O2. The number of methoxy groups -OCH3 is 1. The van der Waals surface area contributed by atoms with Crippen LogP contribution in [0.2, 0.25) is 0 Å². The summed E-state index contributed by atoms with van der Waals surface area (Å²) in [6, 6.07) is 5.91. The fourth-order valence-corrected chi connectivity index (χ4v) is 2.14. The van der Waals surface area contributed by atoms with Crippen molar-refractivity contribution in [3.8, 4) is 5.75 Å². The van der Waals surface area contributed by atoms with Crippen LogP contribution in [-0.4, -0.2) is 20.3 Å². The van der Waals surface area contributed by atoms with Crippen LogP contribution in [0.25, 0.3) is 0 Å². The maximum absolute atomic E-state index is 5.54. The van der Waals surface area contributed by atoms with Gasteiger partial charge in [0.05, 0.1) is 24.8 Å². The number of halogens is 1. The third-order valence-electron chi connectivity index (χ3n) is 2.68.